The van der Waals surface area contributed by atoms with Crippen LogP contribution in [0.25, 0.3) is 5.13 Å². The van der Waals surface area contributed by atoms with Gasteiger partial charge in [-0.05, 0) is 18.6 Å². The topological polar surface area (TPSA) is 56.2 Å². The van der Waals surface area contributed by atoms with Gasteiger partial charge in [0.2, 0.25) is 0 Å². The van der Waals surface area contributed by atoms with Crippen LogP contribution in [0.4, 0.5) is 0 Å². The van der Waals surface area contributed by atoms with Crippen LogP contribution in [0.1, 0.15) is 28.7 Å². The Morgan fingerprint density at radius 1 is 1.45 bits per heavy atom. The molecule has 108 valence electrons. The fourth-order valence-electron chi connectivity index (χ4n) is 1.84. The summed E-state index contributed by atoms with van der Waals surface area (Å²) in [7, 11) is 1.62. The van der Waals surface area contributed by atoms with Gasteiger partial charge in [-0.3, -0.25) is 4.79 Å². The number of carbonyl (C=O) groups excluding carboxylic acids is 1. The maximum atomic E-state index is 12.2. The molecule has 2 heterocycles. The molecule has 0 atom stereocenters. The first-order valence-electron chi connectivity index (χ1n) is 6.66. The summed E-state index contributed by atoms with van der Waals surface area (Å²) in [6.07, 6.45) is 5.64. The number of aryl methyl sites for hydroxylation is 1. The Labute approximate surface area is 122 Å². The molecule has 0 bridgehead atoms. The van der Waals surface area contributed by atoms with Crippen LogP contribution in [0.15, 0.2) is 24.5 Å². The van der Waals surface area contributed by atoms with Gasteiger partial charge in [0.15, 0.2) is 5.13 Å². The standard InChI is InChI=1S/C14H19N3O2S/c1-3-6-11-12(13(18)15-7-10-19-2)20-14(16-11)17-8-4-5-9-17/h4-5,8-9H,3,6-7,10H2,1-2H3,(H,15,18). The van der Waals surface area contributed by atoms with Crippen molar-refractivity contribution < 1.29 is 9.53 Å². The van der Waals surface area contributed by atoms with E-state index in [-0.39, 0.29) is 5.91 Å². The van der Waals surface area contributed by atoms with Gasteiger partial charge in [0.05, 0.1) is 12.3 Å². The zero-order chi connectivity index (χ0) is 14.4. The highest BCUT2D eigenvalue weighted by molar-refractivity contribution is 7.16. The van der Waals surface area contributed by atoms with Crippen molar-refractivity contribution in [1.29, 1.82) is 0 Å². The number of ether oxygens (including phenoxy) is 1. The molecule has 0 aliphatic carbocycles. The summed E-state index contributed by atoms with van der Waals surface area (Å²) >= 11 is 1.42. The second-order valence-electron chi connectivity index (χ2n) is 4.36. The van der Waals surface area contributed by atoms with Gasteiger partial charge >= 0.3 is 0 Å². The zero-order valence-corrected chi connectivity index (χ0v) is 12.6. The Morgan fingerprint density at radius 3 is 2.85 bits per heavy atom. The van der Waals surface area contributed by atoms with Crippen LogP contribution in [0, 0.1) is 0 Å². The first-order valence-corrected chi connectivity index (χ1v) is 7.48. The monoisotopic (exact) mass is 293 g/mol. The lowest BCUT2D eigenvalue weighted by Crippen LogP contribution is -2.27. The van der Waals surface area contributed by atoms with Crippen molar-refractivity contribution in [1.82, 2.24) is 14.9 Å². The number of amides is 1. The Kier molecular flexibility index (Phi) is 5.31. The molecule has 2 aromatic rings. The number of aromatic nitrogens is 2. The first-order chi connectivity index (χ1) is 9.76. The predicted octanol–water partition coefficient (Wildman–Crippen LogP) is 2.26. The number of nitrogens with one attached hydrogen (secondary N) is 1. The molecular formula is C14H19N3O2S. The minimum atomic E-state index is -0.0681. The molecule has 0 saturated heterocycles. The third-order valence-corrected chi connectivity index (χ3v) is 3.91. The largest absolute Gasteiger partial charge is 0.383 e. The molecule has 6 heteroatoms. The third kappa shape index (κ3) is 3.46. The van der Waals surface area contributed by atoms with Crippen molar-refractivity contribution in [2.24, 2.45) is 0 Å². The van der Waals surface area contributed by atoms with Crippen LogP contribution < -0.4 is 5.32 Å². The van der Waals surface area contributed by atoms with Crippen LogP contribution in [0.2, 0.25) is 0 Å². The molecule has 5 nitrogen and oxygen atoms in total. The molecule has 0 unspecified atom stereocenters. The van der Waals surface area contributed by atoms with Gasteiger partial charge in [0.25, 0.3) is 5.91 Å². The van der Waals surface area contributed by atoms with E-state index in [0.717, 1.165) is 23.7 Å². The van der Waals surface area contributed by atoms with Crippen molar-refractivity contribution >= 4 is 17.2 Å². The summed E-state index contributed by atoms with van der Waals surface area (Å²) < 4.78 is 6.87. The molecule has 0 saturated carbocycles. The molecule has 0 spiro atoms. The zero-order valence-electron chi connectivity index (χ0n) is 11.8. The fourth-order valence-corrected chi connectivity index (χ4v) is 2.84. The molecular weight excluding hydrogens is 274 g/mol. The maximum absolute atomic E-state index is 12.2. The normalized spacial score (nSPS) is 10.7. The Balaban J connectivity index is 2.19. The summed E-state index contributed by atoms with van der Waals surface area (Å²) in [5.41, 5.74) is 0.871. The molecule has 1 amide bonds. The molecule has 20 heavy (non-hydrogen) atoms. The smallest absolute Gasteiger partial charge is 0.263 e. The van der Waals surface area contributed by atoms with E-state index in [2.05, 4.69) is 17.2 Å². The molecule has 0 fully saturated rings. The second kappa shape index (κ2) is 7.21. The number of nitrogens with zero attached hydrogens (tertiary/aromatic N) is 2. The van der Waals surface area contributed by atoms with Crippen molar-refractivity contribution in [2.45, 2.75) is 19.8 Å². The van der Waals surface area contributed by atoms with Crippen molar-refractivity contribution in [3.63, 3.8) is 0 Å². The lowest BCUT2D eigenvalue weighted by atomic mass is 10.2. The minimum Gasteiger partial charge on any atom is -0.383 e. The summed E-state index contributed by atoms with van der Waals surface area (Å²) in [5.74, 6) is -0.0681. The van der Waals surface area contributed by atoms with Gasteiger partial charge in [0.1, 0.15) is 4.88 Å². The number of methoxy groups -OCH3 is 1. The summed E-state index contributed by atoms with van der Waals surface area (Å²) in [6, 6.07) is 3.89. The van der Waals surface area contributed by atoms with E-state index in [1.54, 1.807) is 7.11 Å². The molecule has 0 aliphatic rings. The molecule has 1 N–H and O–H groups in total. The summed E-state index contributed by atoms with van der Waals surface area (Å²) in [4.78, 5) is 17.5. The van der Waals surface area contributed by atoms with Crippen LogP contribution >= 0.6 is 11.3 Å². The maximum Gasteiger partial charge on any atom is 0.263 e. The SMILES string of the molecule is CCCc1nc(-n2cccc2)sc1C(=O)NCCOC. The molecule has 0 aromatic carbocycles. The van der Waals surface area contributed by atoms with E-state index >= 15 is 0 Å². The summed E-state index contributed by atoms with van der Waals surface area (Å²) in [6.45, 7) is 3.11. The van der Waals surface area contributed by atoms with Gasteiger partial charge in [-0.15, -0.1) is 0 Å². The van der Waals surface area contributed by atoms with Crippen LogP contribution in [0.5, 0.6) is 0 Å². The third-order valence-electron chi connectivity index (χ3n) is 2.80. The van der Waals surface area contributed by atoms with E-state index in [0.29, 0.717) is 18.0 Å². The number of rotatable bonds is 7. The van der Waals surface area contributed by atoms with E-state index in [1.807, 2.05) is 29.1 Å². The van der Waals surface area contributed by atoms with E-state index in [4.69, 9.17) is 4.74 Å². The van der Waals surface area contributed by atoms with Crippen LogP contribution in [-0.2, 0) is 11.2 Å². The van der Waals surface area contributed by atoms with Crippen molar-refractivity contribution in [2.75, 3.05) is 20.3 Å². The average molecular weight is 293 g/mol. The highest BCUT2D eigenvalue weighted by atomic mass is 32.1. The van der Waals surface area contributed by atoms with Gasteiger partial charge < -0.3 is 14.6 Å². The van der Waals surface area contributed by atoms with Gasteiger partial charge in [0, 0.05) is 26.0 Å². The Morgan fingerprint density at radius 2 is 2.20 bits per heavy atom. The van der Waals surface area contributed by atoms with Gasteiger partial charge in [-0.2, -0.15) is 0 Å². The number of thiazole rings is 1. The second-order valence-corrected chi connectivity index (χ2v) is 5.34. The lowest BCUT2D eigenvalue weighted by Gasteiger charge is -2.03. The molecule has 2 aromatic heterocycles. The Hall–Kier alpha value is -1.66. The highest BCUT2D eigenvalue weighted by Crippen LogP contribution is 2.23. The molecule has 2 rings (SSSR count). The summed E-state index contributed by atoms with van der Waals surface area (Å²) in [5, 5.41) is 3.68. The quantitative estimate of drug-likeness (QED) is 0.797. The highest BCUT2D eigenvalue weighted by Gasteiger charge is 2.17. The van der Waals surface area contributed by atoms with Gasteiger partial charge in [-0.1, -0.05) is 24.7 Å². The van der Waals surface area contributed by atoms with E-state index in [9.17, 15) is 4.79 Å². The number of hydrogen-bond acceptors (Lipinski definition) is 4. The molecule has 0 aliphatic heterocycles. The number of hydrogen-bond donors (Lipinski definition) is 1. The Bertz CT molecular complexity index is 549. The van der Waals surface area contributed by atoms with Crippen molar-refractivity contribution in [3.8, 4) is 5.13 Å². The molecule has 0 radical (unpaired) electrons. The first kappa shape index (κ1) is 14.7. The van der Waals surface area contributed by atoms with Crippen molar-refractivity contribution in [3.05, 3.63) is 35.1 Å². The van der Waals surface area contributed by atoms with Gasteiger partial charge in [-0.25, -0.2) is 4.98 Å². The minimum absolute atomic E-state index is 0.0681. The lowest BCUT2D eigenvalue weighted by molar-refractivity contribution is 0.0940. The van der Waals surface area contributed by atoms with E-state index in [1.165, 1.54) is 11.3 Å². The number of carbonyl (C=O) groups is 1. The van der Waals surface area contributed by atoms with Crippen LogP contribution in [0.3, 0.4) is 0 Å². The van der Waals surface area contributed by atoms with Crippen LogP contribution in [-0.4, -0.2) is 35.7 Å². The average Bonchev–Trinajstić information content (AvgIpc) is 3.07. The fraction of sp³-hybridized carbons (Fsp3) is 0.429. The predicted molar refractivity (Wildman–Crippen MR) is 79.6 cm³/mol. The van der Waals surface area contributed by atoms with E-state index < -0.39 is 0 Å².